The van der Waals surface area contributed by atoms with Gasteiger partial charge in [0.25, 0.3) is 0 Å². The predicted octanol–water partition coefficient (Wildman–Crippen LogP) is 3.85. The van der Waals surface area contributed by atoms with E-state index in [9.17, 15) is 0 Å². The minimum Gasteiger partial charge on any atom is -0.457 e. The van der Waals surface area contributed by atoms with Gasteiger partial charge < -0.3 is 4.74 Å². The molecule has 0 aliphatic rings. The van der Waals surface area contributed by atoms with Gasteiger partial charge in [0.2, 0.25) is 0 Å². The van der Waals surface area contributed by atoms with Gasteiger partial charge in [-0.2, -0.15) is 10.2 Å². The molecular formula is C18H14N4O. The van der Waals surface area contributed by atoms with Gasteiger partial charge in [0, 0.05) is 36.9 Å². The molecule has 5 heteroatoms. The molecule has 0 saturated carbocycles. The van der Waals surface area contributed by atoms with Crippen LogP contribution in [0.3, 0.4) is 0 Å². The van der Waals surface area contributed by atoms with Gasteiger partial charge in [-0.25, -0.2) is 9.36 Å². The fourth-order valence-corrected chi connectivity index (χ4v) is 2.36. The van der Waals surface area contributed by atoms with Crippen LogP contribution in [-0.2, 0) is 0 Å². The monoisotopic (exact) mass is 302 g/mol. The molecule has 2 heterocycles. The molecule has 4 aromatic rings. The standard InChI is InChI=1S/C18H14N4O/c1-5-15(21-11-3-9-19-21)13-17(7-1)23-18-8-2-6-16(14-18)22-12-4-10-20-22/h1-14H. The molecule has 112 valence electrons. The molecule has 0 aliphatic heterocycles. The first-order valence-electron chi connectivity index (χ1n) is 7.26. The Kier molecular flexibility index (Phi) is 3.37. The van der Waals surface area contributed by atoms with E-state index in [0.717, 1.165) is 22.9 Å². The van der Waals surface area contributed by atoms with Crippen LogP contribution >= 0.6 is 0 Å². The first kappa shape index (κ1) is 13.3. The number of aromatic nitrogens is 4. The Hall–Kier alpha value is -3.34. The summed E-state index contributed by atoms with van der Waals surface area (Å²) in [5, 5.41) is 8.46. The van der Waals surface area contributed by atoms with Gasteiger partial charge in [0.1, 0.15) is 11.5 Å². The molecule has 2 aromatic heterocycles. The first-order valence-corrected chi connectivity index (χ1v) is 7.26. The Morgan fingerprint density at radius 3 is 1.61 bits per heavy atom. The number of hydrogen-bond acceptors (Lipinski definition) is 3. The maximum absolute atomic E-state index is 5.97. The number of benzene rings is 2. The highest BCUT2D eigenvalue weighted by atomic mass is 16.5. The maximum atomic E-state index is 5.97. The number of hydrogen-bond donors (Lipinski definition) is 0. The predicted molar refractivity (Wildman–Crippen MR) is 87.2 cm³/mol. The number of ether oxygens (including phenoxy) is 1. The van der Waals surface area contributed by atoms with E-state index in [1.54, 1.807) is 21.8 Å². The second-order valence-corrected chi connectivity index (χ2v) is 5.00. The largest absolute Gasteiger partial charge is 0.457 e. The van der Waals surface area contributed by atoms with E-state index in [1.807, 2.05) is 73.1 Å². The minimum atomic E-state index is 0.760. The van der Waals surface area contributed by atoms with E-state index >= 15 is 0 Å². The van der Waals surface area contributed by atoms with Crippen LogP contribution < -0.4 is 4.74 Å². The fourth-order valence-electron chi connectivity index (χ4n) is 2.36. The summed E-state index contributed by atoms with van der Waals surface area (Å²) in [6.45, 7) is 0. The lowest BCUT2D eigenvalue weighted by Gasteiger charge is -2.09. The van der Waals surface area contributed by atoms with Crippen molar-refractivity contribution in [3.63, 3.8) is 0 Å². The molecule has 0 atom stereocenters. The lowest BCUT2D eigenvalue weighted by Crippen LogP contribution is -1.96. The molecule has 0 unspecified atom stereocenters. The molecule has 4 rings (SSSR count). The highest BCUT2D eigenvalue weighted by Crippen LogP contribution is 2.25. The molecular weight excluding hydrogens is 288 g/mol. The van der Waals surface area contributed by atoms with Crippen LogP contribution in [0.1, 0.15) is 0 Å². The topological polar surface area (TPSA) is 44.9 Å². The summed E-state index contributed by atoms with van der Waals surface area (Å²) in [4.78, 5) is 0. The normalized spacial score (nSPS) is 10.6. The minimum absolute atomic E-state index is 0.760. The highest BCUT2D eigenvalue weighted by molar-refractivity contribution is 5.43. The Labute approximate surface area is 133 Å². The Morgan fingerprint density at radius 2 is 1.17 bits per heavy atom. The van der Waals surface area contributed by atoms with Crippen LogP contribution in [0, 0.1) is 0 Å². The second-order valence-electron chi connectivity index (χ2n) is 5.00. The van der Waals surface area contributed by atoms with E-state index in [0.29, 0.717) is 0 Å². The third-order valence-electron chi connectivity index (χ3n) is 3.41. The quantitative estimate of drug-likeness (QED) is 0.575. The van der Waals surface area contributed by atoms with E-state index in [1.165, 1.54) is 0 Å². The lowest BCUT2D eigenvalue weighted by molar-refractivity contribution is 0.481. The van der Waals surface area contributed by atoms with E-state index in [-0.39, 0.29) is 0 Å². The van der Waals surface area contributed by atoms with Crippen molar-refractivity contribution in [1.82, 2.24) is 19.6 Å². The summed E-state index contributed by atoms with van der Waals surface area (Å²) in [5.74, 6) is 1.52. The van der Waals surface area contributed by atoms with Gasteiger partial charge in [-0.1, -0.05) is 12.1 Å². The van der Waals surface area contributed by atoms with Gasteiger partial charge >= 0.3 is 0 Å². The van der Waals surface area contributed by atoms with Crippen LogP contribution in [0.25, 0.3) is 11.4 Å². The number of nitrogens with zero attached hydrogens (tertiary/aromatic N) is 4. The third-order valence-corrected chi connectivity index (χ3v) is 3.41. The van der Waals surface area contributed by atoms with Gasteiger partial charge in [0.15, 0.2) is 0 Å². The Morgan fingerprint density at radius 1 is 0.652 bits per heavy atom. The zero-order valence-corrected chi connectivity index (χ0v) is 12.3. The zero-order chi connectivity index (χ0) is 15.5. The van der Waals surface area contributed by atoms with Crippen LogP contribution in [0.15, 0.2) is 85.5 Å². The third kappa shape index (κ3) is 2.85. The summed E-state index contributed by atoms with van der Waals surface area (Å²) in [6, 6.07) is 19.4. The Balaban J connectivity index is 1.61. The molecule has 2 aromatic carbocycles. The maximum Gasteiger partial charge on any atom is 0.129 e. The van der Waals surface area contributed by atoms with Crippen LogP contribution in [0.2, 0.25) is 0 Å². The molecule has 5 nitrogen and oxygen atoms in total. The second kappa shape index (κ2) is 5.81. The van der Waals surface area contributed by atoms with Crippen molar-refractivity contribution in [2.75, 3.05) is 0 Å². The van der Waals surface area contributed by atoms with Gasteiger partial charge in [0.05, 0.1) is 11.4 Å². The van der Waals surface area contributed by atoms with Crippen LogP contribution in [0.5, 0.6) is 11.5 Å². The van der Waals surface area contributed by atoms with Crippen molar-refractivity contribution in [2.45, 2.75) is 0 Å². The first-order chi connectivity index (χ1) is 11.4. The smallest absolute Gasteiger partial charge is 0.129 e. The van der Waals surface area contributed by atoms with Crippen molar-refractivity contribution in [1.29, 1.82) is 0 Å². The molecule has 23 heavy (non-hydrogen) atoms. The molecule has 0 saturated heterocycles. The van der Waals surface area contributed by atoms with Gasteiger partial charge in [-0.3, -0.25) is 0 Å². The van der Waals surface area contributed by atoms with Crippen molar-refractivity contribution in [2.24, 2.45) is 0 Å². The summed E-state index contributed by atoms with van der Waals surface area (Å²) < 4.78 is 9.57. The van der Waals surface area contributed by atoms with Crippen LogP contribution in [-0.4, -0.2) is 19.6 Å². The summed E-state index contributed by atoms with van der Waals surface area (Å²) in [5.41, 5.74) is 1.91. The van der Waals surface area contributed by atoms with Crippen molar-refractivity contribution in [3.05, 3.63) is 85.5 Å². The van der Waals surface area contributed by atoms with E-state index in [4.69, 9.17) is 4.74 Å². The molecule has 0 radical (unpaired) electrons. The SMILES string of the molecule is c1cc(Oc2cccc(-n3cccn3)c2)cc(-n2cccn2)c1. The van der Waals surface area contributed by atoms with E-state index in [2.05, 4.69) is 10.2 Å². The van der Waals surface area contributed by atoms with Crippen molar-refractivity contribution >= 4 is 0 Å². The molecule has 0 bridgehead atoms. The molecule has 0 amide bonds. The Bertz CT molecular complexity index is 823. The molecule has 0 spiro atoms. The summed E-state index contributed by atoms with van der Waals surface area (Å²) in [7, 11) is 0. The summed E-state index contributed by atoms with van der Waals surface area (Å²) in [6.07, 6.45) is 7.30. The molecule has 0 aliphatic carbocycles. The average Bonchev–Trinajstić information content (AvgIpc) is 3.29. The molecule has 0 N–H and O–H groups in total. The highest BCUT2D eigenvalue weighted by Gasteiger charge is 2.03. The average molecular weight is 302 g/mol. The van der Waals surface area contributed by atoms with Crippen molar-refractivity contribution in [3.8, 4) is 22.9 Å². The van der Waals surface area contributed by atoms with E-state index < -0.39 is 0 Å². The van der Waals surface area contributed by atoms with Crippen LogP contribution in [0.4, 0.5) is 0 Å². The van der Waals surface area contributed by atoms with Crippen molar-refractivity contribution < 1.29 is 4.74 Å². The van der Waals surface area contributed by atoms with Gasteiger partial charge in [-0.05, 0) is 36.4 Å². The lowest BCUT2D eigenvalue weighted by atomic mass is 10.3. The summed E-state index contributed by atoms with van der Waals surface area (Å²) >= 11 is 0. The zero-order valence-electron chi connectivity index (χ0n) is 12.3. The molecule has 0 fully saturated rings. The van der Waals surface area contributed by atoms with Gasteiger partial charge in [-0.15, -0.1) is 0 Å². The number of rotatable bonds is 4. The fraction of sp³-hybridized carbons (Fsp3) is 0.